The molecular weight excluding hydrogens is 269 g/mol. The lowest BCUT2D eigenvalue weighted by atomic mass is 9.78. The van der Waals surface area contributed by atoms with E-state index in [1.807, 2.05) is 27.7 Å². The molecule has 21 heavy (non-hydrogen) atoms. The molecule has 1 aliphatic rings. The minimum absolute atomic E-state index is 0.0406. The van der Waals surface area contributed by atoms with Crippen molar-refractivity contribution in [2.45, 2.75) is 45.5 Å². The van der Waals surface area contributed by atoms with Crippen LogP contribution >= 0.6 is 0 Å². The van der Waals surface area contributed by atoms with E-state index in [0.717, 1.165) is 5.56 Å². The van der Waals surface area contributed by atoms with Crippen LogP contribution < -0.4 is 0 Å². The zero-order chi connectivity index (χ0) is 15.7. The number of aliphatic hydroxyl groups excluding tert-OH is 2. The summed E-state index contributed by atoms with van der Waals surface area (Å²) >= 11 is 0. The van der Waals surface area contributed by atoms with E-state index in [2.05, 4.69) is 4.98 Å². The number of hydrogen-bond acceptors (Lipinski definition) is 5. The van der Waals surface area contributed by atoms with Gasteiger partial charge >= 0.3 is 7.12 Å². The summed E-state index contributed by atoms with van der Waals surface area (Å²) in [6.07, 6.45) is 3.36. The van der Waals surface area contributed by atoms with Crippen LogP contribution in [0.2, 0.25) is 0 Å². The van der Waals surface area contributed by atoms with E-state index in [0.29, 0.717) is 11.2 Å². The minimum atomic E-state index is -0.584. The molecular formula is C15H22BNO4. The molecule has 0 saturated carbocycles. The van der Waals surface area contributed by atoms with E-state index in [-0.39, 0.29) is 13.2 Å². The fourth-order valence-corrected chi connectivity index (χ4v) is 1.99. The summed E-state index contributed by atoms with van der Waals surface area (Å²) in [5.74, 6) is 0. The summed E-state index contributed by atoms with van der Waals surface area (Å²) in [5.41, 5.74) is 1.16. The van der Waals surface area contributed by atoms with Crippen LogP contribution in [-0.2, 0) is 15.9 Å². The molecule has 2 N–H and O–H groups in total. The molecule has 1 aromatic rings. The van der Waals surface area contributed by atoms with Gasteiger partial charge < -0.3 is 19.5 Å². The molecule has 0 unspecified atom stereocenters. The second kappa shape index (κ2) is 5.89. The van der Waals surface area contributed by atoms with Gasteiger partial charge in [-0.05, 0) is 50.9 Å². The topological polar surface area (TPSA) is 71.8 Å². The summed E-state index contributed by atoms with van der Waals surface area (Å²) in [5, 5.41) is 18.6. The first-order valence-electron chi connectivity index (χ1n) is 7.02. The highest BCUT2D eigenvalue weighted by Gasteiger charge is 2.52. The third-order valence-corrected chi connectivity index (χ3v) is 4.10. The molecule has 5 nitrogen and oxygen atoms in total. The highest BCUT2D eigenvalue weighted by atomic mass is 16.7. The van der Waals surface area contributed by atoms with Crippen LogP contribution in [0, 0.1) is 0 Å². The van der Waals surface area contributed by atoms with Crippen LogP contribution in [0.15, 0.2) is 23.8 Å². The van der Waals surface area contributed by atoms with Gasteiger partial charge in [-0.3, -0.25) is 4.98 Å². The molecule has 1 aromatic heterocycles. The minimum Gasteiger partial charge on any atom is -0.400 e. The van der Waals surface area contributed by atoms with Gasteiger partial charge in [-0.25, -0.2) is 0 Å². The maximum atomic E-state index is 9.59. The average molecular weight is 291 g/mol. The Labute approximate surface area is 125 Å². The second-order valence-corrected chi connectivity index (χ2v) is 6.22. The summed E-state index contributed by atoms with van der Waals surface area (Å²) in [6, 6.07) is 3.57. The van der Waals surface area contributed by atoms with Gasteiger partial charge in [-0.1, -0.05) is 6.07 Å². The zero-order valence-corrected chi connectivity index (χ0v) is 13.0. The Morgan fingerprint density at radius 2 is 1.81 bits per heavy atom. The molecule has 0 aliphatic carbocycles. The van der Waals surface area contributed by atoms with Crippen LogP contribution in [0.1, 0.15) is 39.0 Å². The Morgan fingerprint density at radius 3 is 2.24 bits per heavy atom. The van der Waals surface area contributed by atoms with Gasteiger partial charge in [0.05, 0.1) is 30.1 Å². The number of aliphatic hydroxyl groups is 2. The van der Waals surface area contributed by atoms with Gasteiger partial charge in [0.1, 0.15) is 0 Å². The SMILES string of the molecule is CC1(C)OB(C(=Cc2ccc(CO)cn2)CO)OC1(C)C. The molecule has 0 bridgehead atoms. The van der Waals surface area contributed by atoms with Crippen molar-refractivity contribution in [2.24, 2.45) is 0 Å². The number of pyridine rings is 1. The first kappa shape index (κ1) is 16.2. The van der Waals surface area contributed by atoms with E-state index in [1.165, 1.54) is 0 Å². The fourth-order valence-electron chi connectivity index (χ4n) is 1.99. The van der Waals surface area contributed by atoms with Crippen LogP contribution in [0.5, 0.6) is 0 Å². The highest BCUT2D eigenvalue weighted by molar-refractivity contribution is 6.55. The number of aromatic nitrogens is 1. The molecule has 1 saturated heterocycles. The van der Waals surface area contributed by atoms with E-state index in [4.69, 9.17) is 14.4 Å². The molecule has 2 rings (SSSR count). The predicted molar refractivity (Wildman–Crippen MR) is 81.3 cm³/mol. The molecule has 0 radical (unpaired) electrons. The fraction of sp³-hybridized carbons (Fsp3) is 0.533. The molecule has 0 atom stereocenters. The van der Waals surface area contributed by atoms with E-state index >= 15 is 0 Å². The molecule has 0 aromatic carbocycles. The molecule has 6 heteroatoms. The summed E-state index contributed by atoms with van der Waals surface area (Å²) in [6.45, 7) is 7.67. The van der Waals surface area contributed by atoms with Crippen molar-refractivity contribution in [3.8, 4) is 0 Å². The van der Waals surface area contributed by atoms with Crippen molar-refractivity contribution in [3.05, 3.63) is 35.1 Å². The molecule has 114 valence electrons. The van der Waals surface area contributed by atoms with Crippen molar-refractivity contribution >= 4 is 13.2 Å². The van der Waals surface area contributed by atoms with Gasteiger partial charge in [0.15, 0.2) is 0 Å². The molecule has 0 spiro atoms. The third kappa shape index (κ3) is 3.35. The Bertz CT molecular complexity index is 509. The number of nitrogens with zero attached hydrogens (tertiary/aromatic N) is 1. The van der Waals surface area contributed by atoms with Gasteiger partial charge in [-0.15, -0.1) is 0 Å². The van der Waals surface area contributed by atoms with Gasteiger partial charge in [0.2, 0.25) is 0 Å². The van der Waals surface area contributed by atoms with Crippen LogP contribution in [0.3, 0.4) is 0 Å². The van der Waals surface area contributed by atoms with Crippen molar-refractivity contribution < 1.29 is 19.5 Å². The summed E-state index contributed by atoms with van der Waals surface area (Å²) in [7, 11) is -0.584. The van der Waals surface area contributed by atoms with Crippen molar-refractivity contribution in [1.82, 2.24) is 4.98 Å². The molecule has 1 aliphatic heterocycles. The van der Waals surface area contributed by atoms with Gasteiger partial charge in [0.25, 0.3) is 0 Å². The lowest BCUT2D eigenvalue weighted by molar-refractivity contribution is 0.00578. The molecule has 1 fully saturated rings. The Balaban J connectivity index is 2.22. The predicted octanol–water partition coefficient (Wildman–Crippen LogP) is 1.58. The van der Waals surface area contributed by atoms with Crippen molar-refractivity contribution in [2.75, 3.05) is 6.61 Å². The smallest absolute Gasteiger partial charge is 0.400 e. The first-order chi connectivity index (χ1) is 9.79. The summed E-state index contributed by atoms with van der Waals surface area (Å²) in [4.78, 5) is 4.22. The average Bonchev–Trinajstić information content (AvgIpc) is 2.65. The maximum Gasteiger partial charge on any atom is 0.492 e. The van der Waals surface area contributed by atoms with E-state index in [9.17, 15) is 5.11 Å². The highest BCUT2D eigenvalue weighted by Crippen LogP contribution is 2.38. The zero-order valence-electron chi connectivity index (χ0n) is 13.0. The van der Waals surface area contributed by atoms with Gasteiger partial charge in [0, 0.05) is 6.20 Å². The number of rotatable bonds is 4. The monoisotopic (exact) mass is 291 g/mol. The van der Waals surface area contributed by atoms with E-state index in [1.54, 1.807) is 24.4 Å². The Hall–Kier alpha value is -1.21. The lowest BCUT2D eigenvalue weighted by Crippen LogP contribution is -2.41. The largest absolute Gasteiger partial charge is 0.492 e. The lowest BCUT2D eigenvalue weighted by Gasteiger charge is -2.32. The standard InChI is InChI=1S/C15H22BNO4/c1-14(2)15(3,4)21-16(20-14)12(10-19)7-13-6-5-11(9-18)8-17-13/h5-8,18-19H,9-10H2,1-4H3. The Kier molecular flexibility index (Phi) is 4.53. The van der Waals surface area contributed by atoms with Gasteiger partial charge in [-0.2, -0.15) is 0 Å². The van der Waals surface area contributed by atoms with Crippen LogP contribution in [-0.4, -0.2) is 40.1 Å². The first-order valence-corrected chi connectivity index (χ1v) is 7.02. The maximum absolute atomic E-state index is 9.59. The van der Waals surface area contributed by atoms with Crippen molar-refractivity contribution in [3.63, 3.8) is 0 Å². The van der Waals surface area contributed by atoms with E-state index < -0.39 is 18.3 Å². The van der Waals surface area contributed by atoms with Crippen molar-refractivity contribution in [1.29, 1.82) is 0 Å². The molecule has 2 heterocycles. The van der Waals surface area contributed by atoms with Crippen LogP contribution in [0.25, 0.3) is 6.08 Å². The van der Waals surface area contributed by atoms with Crippen LogP contribution in [0.4, 0.5) is 0 Å². The number of hydrogen-bond donors (Lipinski definition) is 2. The summed E-state index contributed by atoms with van der Waals surface area (Å²) < 4.78 is 11.8. The normalized spacial score (nSPS) is 20.9. The third-order valence-electron chi connectivity index (χ3n) is 4.10. The second-order valence-electron chi connectivity index (χ2n) is 6.22. The molecule has 0 amide bonds. The Morgan fingerprint density at radius 1 is 1.19 bits per heavy atom. The quantitative estimate of drug-likeness (QED) is 0.824.